The van der Waals surface area contributed by atoms with Gasteiger partial charge >= 0.3 is 5.97 Å². The molecule has 36 heavy (non-hydrogen) atoms. The summed E-state index contributed by atoms with van der Waals surface area (Å²) in [6.45, 7) is 9.99. The Hall–Kier alpha value is -3.11. The van der Waals surface area contributed by atoms with Gasteiger partial charge in [0.2, 0.25) is 0 Å². The number of benzene rings is 1. The van der Waals surface area contributed by atoms with Crippen LogP contribution in [0, 0.1) is 13.8 Å². The zero-order chi connectivity index (χ0) is 25.7. The number of hydrogen-bond acceptors (Lipinski definition) is 8. The minimum atomic E-state index is -0.385. The lowest BCUT2D eigenvalue weighted by molar-refractivity contribution is -0.144. The van der Waals surface area contributed by atoms with Crippen LogP contribution < -0.4 is 5.56 Å². The van der Waals surface area contributed by atoms with Gasteiger partial charge < -0.3 is 14.5 Å². The molecule has 3 heterocycles. The molecule has 1 aromatic carbocycles. The number of tetrazole rings is 1. The fourth-order valence-corrected chi connectivity index (χ4v) is 5.04. The van der Waals surface area contributed by atoms with E-state index in [1.54, 1.807) is 6.92 Å². The van der Waals surface area contributed by atoms with Crippen LogP contribution in [0.1, 0.15) is 68.1 Å². The first-order chi connectivity index (χ1) is 17.4. The lowest BCUT2D eigenvalue weighted by atomic mass is 10.0. The highest BCUT2D eigenvalue weighted by Gasteiger charge is 2.30. The molecule has 1 aliphatic heterocycles. The number of carbonyl (C=O) groups is 1. The minimum absolute atomic E-state index is 0.0563. The first kappa shape index (κ1) is 26.0. The Morgan fingerprint density at radius 2 is 2.14 bits per heavy atom. The molecule has 3 aromatic rings. The summed E-state index contributed by atoms with van der Waals surface area (Å²) in [5.41, 5.74) is 3.65. The van der Waals surface area contributed by atoms with Crippen molar-refractivity contribution in [2.24, 2.45) is 0 Å². The van der Waals surface area contributed by atoms with Crippen molar-refractivity contribution in [1.82, 2.24) is 30.1 Å². The molecule has 0 radical (unpaired) electrons. The SMILES string of the molecule is CCC[C@H](c1nnnn1CC(=O)OCC)N(Cc1cc2c(C)cc(C)cc2[nH]c1=O)C[C@@H]1CCCO1. The highest BCUT2D eigenvalue weighted by Crippen LogP contribution is 2.28. The number of rotatable bonds is 11. The van der Waals surface area contributed by atoms with Gasteiger partial charge in [-0.05, 0) is 73.7 Å². The normalized spacial score (nSPS) is 16.6. The van der Waals surface area contributed by atoms with Gasteiger partial charge in [0, 0.05) is 36.2 Å². The van der Waals surface area contributed by atoms with Gasteiger partial charge in [-0.1, -0.05) is 19.4 Å². The fourth-order valence-electron chi connectivity index (χ4n) is 5.04. The van der Waals surface area contributed by atoms with E-state index in [1.807, 2.05) is 19.1 Å². The summed E-state index contributed by atoms with van der Waals surface area (Å²) < 4.78 is 12.6. The monoisotopic (exact) mass is 496 g/mol. The third-order valence-corrected chi connectivity index (χ3v) is 6.67. The number of aromatic amines is 1. The second-order valence-electron chi connectivity index (χ2n) is 9.54. The summed E-state index contributed by atoms with van der Waals surface area (Å²) >= 11 is 0. The standard InChI is InChI=1S/C26H36N6O4/c1-5-8-23(25-28-29-30-32(25)16-24(33)35-6-2)31(15-20-9-7-10-36-20)14-19-13-21-18(4)11-17(3)12-22(21)27-26(19)34/h11-13,20,23H,5-10,14-16H2,1-4H3,(H,27,34)/t20-,23+/m0/s1. The Morgan fingerprint density at radius 1 is 1.31 bits per heavy atom. The Balaban J connectivity index is 1.71. The average Bonchev–Trinajstić information content (AvgIpc) is 3.50. The predicted molar refractivity (Wildman–Crippen MR) is 136 cm³/mol. The number of carbonyl (C=O) groups excluding carboxylic acids is 1. The quantitative estimate of drug-likeness (QED) is 0.403. The number of aryl methyl sites for hydroxylation is 2. The Bertz CT molecular complexity index is 1250. The molecule has 0 spiro atoms. The molecule has 0 saturated carbocycles. The van der Waals surface area contributed by atoms with Crippen LogP contribution in [0.3, 0.4) is 0 Å². The summed E-state index contributed by atoms with van der Waals surface area (Å²) in [5, 5.41) is 13.3. The molecule has 1 saturated heterocycles. The predicted octanol–water partition coefficient (Wildman–Crippen LogP) is 3.22. The zero-order valence-corrected chi connectivity index (χ0v) is 21.6. The molecule has 2 aromatic heterocycles. The maximum Gasteiger partial charge on any atom is 0.327 e. The second-order valence-corrected chi connectivity index (χ2v) is 9.54. The number of H-pyrrole nitrogens is 1. The lowest BCUT2D eigenvalue weighted by Gasteiger charge is -2.32. The zero-order valence-electron chi connectivity index (χ0n) is 21.6. The summed E-state index contributed by atoms with van der Waals surface area (Å²) in [4.78, 5) is 30.7. The van der Waals surface area contributed by atoms with E-state index in [0.29, 0.717) is 31.1 Å². The van der Waals surface area contributed by atoms with Crippen LogP contribution in [0.15, 0.2) is 23.0 Å². The van der Waals surface area contributed by atoms with E-state index >= 15 is 0 Å². The third-order valence-electron chi connectivity index (χ3n) is 6.67. The summed E-state index contributed by atoms with van der Waals surface area (Å²) in [6, 6.07) is 5.92. The maximum atomic E-state index is 13.2. The van der Waals surface area contributed by atoms with Crippen LogP contribution in [0.4, 0.5) is 0 Å². The molecule has 0 aliphatic carbocycles. The summed E-state index contributed by atoms with van der Waals surface area (Å²) in [5.74, 6) is 0.204. The van der Waals surface area contributed by atoms with Crippen molar-refractivity contribution < 1.29 is 14.3 Å². The first-order valence-electron chi connectivity index (χ1n) is 12.8. The van der Waals surface area contributed by atoms with Gasteiger partial charge in [0.05, 0.1) is 18.8 Å². The molecule has 194 valence electrons. The van der Waals surface area contributed by atoms with Crippen molar-refractivity contribution in [3.63, 3.8) is 0 Å². The van der Waals surface area contributed by atoms with E-state index in [-0.39, 0.29) is 30.2 Å². The molecule has 4 rings (SSSR count). The van der Waals surface area contributed by atoms with Gasteiger partial charge in [-0.15, -0.1) is 5.10 Å². The maximum absolute atomic E-state index is 13.2. The van der Waals surface area contributed by atoms with Crippen LogP contribution in [0.2, 0.25) is 0 Å². The van der Waals surface area contributed by atoms with Gasteiger partial charge in [-0.3, -0.25) is 14.5 Å². The van der Waals surface area contributed by atoms with Crippen molar-refractivity contribution >= 4 is 16.9 Å². The van der Waals surface area contributed by atoms with Crippen LogP contribution in [-0.2, 0) is 27.4 Å². The number of pyridine rings is 1. The van der Waals surface area contributed by atoms with Crippen molar-refractivity contribution in [3.8, 4) is 0 Å². The number of aromatic nitrogens is 5. The molecular weight excluding hydrogens is 460 g/mol. The van der Waals surface area contributed by atoms with E-state index in [9.17, 15) is 9.59 Å². The second kappa shape index (κ2) is 11.7. The molecular formula is C26H36N6O4. The molecule has 10 nitrogen and oxygen atoms in total. The number of nitrogens with zero attached hydrogens (tertiary/aromatic N) is 5. The number of fused-ring (bicyclic) bond motifs is 1. The Kier molecular flexibility index (Phi) is 8.48. The molecule has 0 amide bonds. The van der Waals surface area contributed by atoms with E-state index in [2.05, 4.69) is 45.3 Å². The Morgan fingerprint density at radius 3 is 2.86 bits per heavy atom. The molecule has 10 heteroatoms. The van der Waals surface area contributed by atoms with Crippen LogP contribution >= 0.6 is 0 Å². The number of ether oxygens (including phenoxy) is 2. The van der Waals surface area contributed by atoms with Crippen molar-refractivity contribution in [1.29, 1.82) is 0 Å². The summed E-state index contributed by atoms with van der Waals surface area (Å²) in [6.07, 6.45) is 3.70. The highest BCUT2D eigenvalue weighted by atomic mass is 16.5. The van der Waals surface area contributed by atoms with Crippen LogP contribution in [0.5, 0.6) is 0 Å². The minimum Gasteiger partial charge on any atom is -0.465 e. The van der Waals surface area contributed by atoms with Gasteiger partial charge in [-0.2, -0.15) is 0 Å². The van der Waals surface area contributed by atoms with E-state index in [0.717, 1.165) is 54.3 Å². The third kappa shape index (κ3) is 5.99. The smallest absolute Gasteiger partial charge is 0.327 e. The van der Waals surface area contributed by atoms with Gasteiger partial charge in [0.15, 0.2) is 5.82 Å². The average molecular weight is 497 g/mol. The molecule has 0 unspecified atom stereocenters. The molecule has 2 atom stereocenters. The largest absolute Gasteiger partial charge is 0.465 e. The van der Waals surface area contributed by atoms with Crippen molar-refractivity contribution in [2.75, 3.05) is 19.8 Å². The molecule has 0 bridgehead atoms. The van der Waals surface area contributed by atoms with Gasteiger partial charge in [0.25, 0.3) is 5.56 Å². The van der Waals surface area contributed by atoms with Crippen molar-refractivity contribution in [2.45, 2.75) is 78.6 Å². The van der Waals surface area contributed by atoms with E-state index < -0.39 is 0 Å². The van der Waals surface area contributed by atoms with Gasteiger partial charge in [-0.25, -0.2) is 4.68 Å². The van der Waals surface area contributed by atoms with Crippen LogP contribution in [-0.4, -0.2) is 61.9 Å². The van der Waals surface area contributed by atoms with E-state index in [1.165, 1.54) is 4.68 Å². The topological polar surface area (TPSA) is 115 Å². The van der Waals surface area contributed by atoms with Crippen molar-refractivity contribution in [3.05, 3.63) is 51.1 Å². The highest BCUT2D eigenvalue weighted by molar-refractivity contribution is 5.83. The van der Waals surface area contributed by atoms with Gasteiger partial charge in [0.1, 0.15) is 6.54 Å². The van der Waals surface area contributed by atoms with E-state index in [4.69, 9.17) is 9.47 Å². The molecule has 1 fully saturated rings. The van der Waals surface area contributed by atoms with Crippen LogP contribution in [0.25, 0.3) is 10.9 Å². The molecule has 1 aliphatic rings. The molecule has 1 N–H and O–H groups in total. The number of hydrogen-bond donors (Lipinski definition) is 1. The Labute approximate surface area is 211 Å². The summed E-state index contributed by atoms with van der Waals surface area (Å²) in [7, 11) is 0. The number of nitrogens with one attached hydrogen (secondary N) is 1. The number of esters is 1. The fraction of sp³-hybridized carbons (Fsp3) is 0.577. The lowest BCUT2D eigenvalue weighted by Crippen LogP contribution is -2.38. The first-order valence-corrected chi connectivity index (χ1v) is 12.8.